The van der Waals surface area contributed by atoms with Crippen LogP contribution in [-0.4, -0.2) is 35.0 Å². The molecule has 24 heavy (non-hydrogen) atoms. The molecule has 1 N–H and O–H groups in total. The molecule has 1 aliphatic rings. The Kier molecular flexibility index (Phi) is 4.86. The lowest BCUT2D eigenvalue weighted by atomic mass is 9.96. The van der Waals surface area contributed by atoms with Gasteiger partial charge in [-0.05, 0) is 36.1 Å². The van der Waals surface area contributed by atoms with Gasteiger partial charge in [-0.3, -0.25) is 9.59 Å². The lowest BCUT2D eigenvalue weighted by Crippen LogP contribution is -2.40. The first-order valence-corrected chi connectivity index (χ1v) is 8.31. The zero-order valence-corrected chi connectivity index (χ0v) is 13.9. The summed E-state index contributed by atoms with van der Waals surface area (Å²) in [5.74, 6) is -1.28. The van der Waals surface area contributed by atoms with Crippen molar-refractivity contribution >= 4 is 23.5 Å². The summed E-state index contributed by atoms with van der Waals surface area (Å²) in [4.78, 5) is 25.5. The van der Waals surface area contributed by atoms with Crippen LogP contribution in [0.5, 0.6) is 0 Å². The van der Waals surface area contributed by atoms with Crippen molar-refractivity contribution in [2.45, 2.75) is 12.8 Å². The van der Waals surface area contributed by atoms with E-state index in [2.05, 4.69) is 0 Å². The van der Waals surface area contributed by atoms with Crippen molar-refractivity contribution in [2.75, 3.05) is 13.1 Å². The average molecular weight is 344 g/mol. The first-order chi connectivity index (χ1) is 11.6. The van der Waals surface area contributed by atoms with Crippen molar-refractivity contribution in [3.63, 3.8) is 0 Å². The lowest BCUT2D eigenvalue weighted by molar-refractivity contribution is -0.143. The number of carbonyl (C=O) groups is 2. The third kappa shape index (κ3) is 3.44. The molecule has 0 radical (unpaired) electrons. The van der Waals surface area contributed by atoms with E-state index < -0.39 is 5.97 Å². The Morgan fingerprint density at radius 3 is 2.29 bits per heavy atom. The second kappa shape index (κ2) is 7.05. The van der Waals surface area contributed by atoms with Gasteiger partial charge in [0.2, 0.25) is 0 Å². The topological polar surface area (TPSA) is 57.6 Å². The van der Waals surface area contributed by atoms with Crippen molar-refractivity contribution in [1.82, 2.24) is 4.90 Å². The summed E-state index contributed by atoms with van der Waals surface area (Å²) in [7, 11) is 0. The summed E-state index contributed by atoms with van der Waals surface area (Å²) in [6, 6.07) is 15.2. The number of carboxylic acids is 1. The van der Waals surface area contributed by atoms with Gasteiger partial charge in [-0.1, -0.05) is 48.0 Å². The quantitative estimate of drug-likeness (QED) is 0.918. The van der Waals surface area contributed by atoms with Crippen LogP contribution in [0.2, 0.25) is 5.02 Å². The van der Waals surface area contributed by atoms with Gasteiger partial charge in [0.05, 0.1) is 16.5 Å². The summed E-state index contributed by atoms with van der Waals surface area (Å²) in [6.07, 6.45) is 0.966. The van der Waals surface area contributed by atoms with Gasteiger partial charge in [-0.2, -0.15) is 0 Å². The molecule has 5 heteroatoms. The average Bonchev–Trinajstić information content (AvgIpc) is 2.62. The van der Waals surface area contributed by atoms with Gasteiger partial charge < -0.3 is 10.0 Å². The zero-order chi connectivity index (χ0) is 17.1. The predicted octanol–water partition coefficient (Wildman–Crippen LogP) is 3.94. The monoisotopic (exact) mass is 343 g/mol. The van der Waals surface area contributed by atoms with Crippen molar-refractivity contribution in [3.05, 3.63) is 59.1 Å². The third-order valence-electron chi connectivity index (χ3n) is 4.44. The molecule has 1 heterocycles. The first kappa shape index (κ1) is 16.5. The Morgan fingerprint density at radius 2 is 1.67 bits per heavy atom. The molecule has 0 bridgehead atoms. The minimum absolute atomic E-state index is 0.137. The molecule has 4 nitrogen and oxygen atoms in total. The molecule has 3 rings (SSSR count). The van der Waals surface area contributed by atoms with Crippen LogP contribution < -0.4 is 0 Å². The Morgan fingerprint density at radius 1 is 1.00 bits per heavy atom. The van der Waals surface area contributed by atoms with E-state index in [1.54, 1.807) is 11.0 Å². The maximum atomic E-state index is 12.8. The molecular weight excluding hydrogens is 326 g/mol. The van der Waals surface area contributed by atoms with Gasteiger partial charge in [0, 0.05) is 13.1 Å². The van der Waals surface area contributed by atoms with Gasteiger partial charge in [0.25, 0.3) is 5.91 Å². The number of hydrogen-bond donors (Lipinski definition) is 1. The molecule has 124 valence electrons. The van der Waals surface area contributed by atoms with Crippen LogP contribution >= 0.6 is 11.6 Å². The van der Waals surface area contributed by atoms with Crippen LogP contribution in [-0.2, 0) is 4.79 Å². The normalized spacial score (nSPS) is 15.3. The number of likely N-dealkylation sites (tertiary alicyclic amines) is 1. The van der Waals surface area contributed by atoms with E-state index in [-0.39, 0.29) is 11.8 Å². The summed E-state index contributed by atoms with van der Waals surface area (Å²) >= 11 is 6.24. The largest absolute Gasteiger partial charge is 0.481 e. The fraction of sp³-hybridized carbons (Fsp3) is 0.263. The number of halogens is 1. The van der Waals surface area contributed by atoms with E-state index in [0.29, 0.717) is 36.5 Å². The molecule has 0 atom stereocenters. The Hall–Kier alpha value is -2.33. The Balaban J connectivity index is 1.81. The van der Waals surface area contributed by atoms with Crippen LogP contribution in [0, 0.1) is 5.92 Å². The molecule has 0 saturated carbocycles. The third-order valence-corrected chi connectivity index (χ3v) is 4.76. The van der Waals surface area contributed by atoms with E-state index in [4.69, 9.17) is 16.7 Å². The summed E-state index contributed by atoms with van der Waals surface area (Å²) in [5.41, 5.74) is 2.42. The van der Waals surface area contributed by atoms with Gasteiger partial charge >= 0.3 is 5.97 Å². The number of amides is 1. The SMILES string of the molecule is O=C(O)C1CCN(C(=O)c2cc(-c3ccccc3)ccc2Cl)CC1. The van der Waals surface area contributed by atoms with Gasteiger partial charge in [0.1, 0.15) is 0 Å². The fourth-order valence-corrected chi connectivity index (χ4v) is 3.20. The van der Waals surface area contributed by atoms with Gasteiger partial charge in [-0.25, -0.2) is 0 Å². The molecule has 0 unspecified atom stereocenters. The summed E-state index contributed by atoms with van der Waals surface area (Å²) in [6.45, 7) is 0.892. The molecular formula is C19H18ClNO3. The van der Waals surface area contributed by atoms with Gasteiger partial charge in [0.15, 0.2) is 0 Å². The van der Waals surface area contributed by atoms with Crippen molar-refractivity contribution in [3.8, 4) is 11.1 Å². The number of piperidine rings is 1. The molecule has 2 aromatic rings. The van der Waals surface area contributed by atoms with Crippen molar-refractivity contribution < 1.29 is 14.7 Å². The highest BCUT2D eigenvalue weighted by atomic mass is 35.5. The minimum Gasteiger partial charge on any atom is -0.481 e. The number of benzene rings is 2. The summed E-state index contributed by atoms with van der Waals surface area (Å²) < 4.78 is 0. The number of nitrogens with zero attached hydrogens (tertiary/aromatic N) is 1. The summed E-state index contributed by atoms with van der Waals surface area (Å²) in [5, 5.41) is 9.48. The number of carbonyl (C=O) groups excluding carboxylic acids is 1. The second-order valence-corrected chi connectivity index (χ2v) is 6.37. The van der Waals surface area contributed by atoms with E-state index >= 15 is 0 Å². The van der Waals surface area contributed by atoms with Gasteiger partial charge in [-0.15, -0.1) is 0 Å². The number of carboxylic acid groups (broad SMARTS) is 1. The van der Waals surface area contributed by atoms with Crippen LogP contribution in [0.3, 0.4) is 0 Å². The lowest BCUT2D eigenvalue weighted by Gasteiger charge is -2.30. The van der Waals surface area contributed by atoms with E-state index in [1.807, 2.05) is 42.5 Å². The molecule has 1 aliphatic heterocycles. The predicted molar refractivity (Wildman–Crippen MR) is 93.2 cm³/mol. The van der Waals surface area contributed by atoms with Crippen LogP contribution in [0.1, 0.15) is 23.2 Å². The Labute approximate surface area is 145 Å². The maximum Gasteiger partial charge on any atom is 0.306 e. The van der Waals surface area contributed by atoms with Crippen LogP contribution in [0.15, 0.2) is 48.5 Å². The molecule has 0 aliphatic carbocycles. The van der Waals surface area contributed by atoms with E-state index in [1.165, 1.54) is 0 Å². The van der Waals surface area contributed by atoms with Crippen LogP contribution in [0.4, 0.5) is 0 Å². The Bertz CT molecular complexity index is 752. The molecule has 1 saturated heterocycles. The molecule has 1 amide bonds. The van der Waals surface area contributed by atoms with Crippen molar-refractivity contribution in [1.29, 1.82) is 0 Å². The number of aliphatic carboxylic acids is 1. The second-order valence-electron chi connectivity index (χ2n) is 5.97. The fourth-order valence-electron chi connectivity index (χ4n) is 3.00. The standard InChI is InChI=1S/C19H18ClNO3/c20-17-7-6-15(13-4-2-1-3-5-13)12-16(17)18(22)21-10-8-14(9-11-21)19(23)24/h1-7,12,14H,8-11H2,(H,23,24). The maximum absolute atomic E-state index is 12.8. The molecule has 1 fully saturated rings. The zero-order valence-electron chi connectivity index (χ0n) is 13.1. The molecule has 0 aromatic heterocycles. The number of rotatable bonds is 3. The smallest absolute Gasteiger partial charge is 0.306 e. The highest BCUT2D eigenvalue weighted by Crippen LogP contribution is 2.27. The highest BCUT2D eigenvalue weighted by molar-refractivity contribution is 6.34. The number of hydrogen-bond acceptors (Lipinski definition) is 2. The molecule has 2 aromatic carbocycles. The van der Waals surface area contributed by atoms with E-state index in [9.17, 15) is 9.59 Å². The molecule has 0 spiro atoms. The van der Waals surface area contributed by atoms with Crippen LogP contribution in [0.25, 0.3) is 11.1 Å². The van der Waals surface area contributed by atoms with E-state index in [0.717, 1.165) is 11.1 Å². The first-order valence-electron chi connectivity index (χ1n) is 7.93. The van der Waals surface area contributed by atoms with Crippen molar-refractivity contribution in [2.24, 2.45) is 5.92 Å². The highest BCUT2D eigenvalue weighted by Gasteiger charge is 2.28. The minimum atomic E-state index is -0.786.